The standard InChI is InChI=1S/C19H27N5O/c1-4-24-10-7-20-18(24)15-5-8-23(9-6-15)12-16-11-17-13(2)21-14(3)22-19(17)25-16/h7,10,15-16H,4-6,8-9,11-12H2,1-3H3. The van der Waals surface area contributed by atoms with Gasteiger partial charge in [0, 0.05) is 49.1 Å². The maximum absolute atomic E-state index is 6.10. The fourth-order valence-electron chi connectivity index (χ4n) is 4.18. The van der Waals surface area contributed by atoms with Crippen LogP contribution >= 0.6 is 0 Å². The highest BCUT2D eigenvalue weighted by Gasteiger charge is 2.30. The van der Waals surface area contributed by atoms with Crippen molar-refractivity contribution in [2.45, 2.75) is 58.6 Å². The van der Waals surface area contributed by atoms with E-state index in [0.29, 0.717) is 5.92 Å². The molecule has 25 heavy (non-hydrogen) atoms. The first-order valence-electron chi connectivity index (χ1n) is 9.38. The van der Waals surface area contributed by atoms with Crippen molar-refractivity contribution in [3.63, 3.8) is 0 Å². The van der Waals surface area contributed by atoms with Gasteiger partial charge in [0.2, 0.25) is 5.88 Å². The summed E-state index contributed by atoms with van der Waals surface area (Å²) in [4.78, 5) is 16.0. The van der Waals surface area contributed by atoms with E-state index in [0.717, 1.165) is 50.0 Å². The molecule has 1 saturated heterocycles. The fourth-order valence-corrected chi connectivity index (χ4v) is 4.18. The molecule has 4 rings (SSSR count). The van der Waals surface area contributed by atoms with Gasteiger partial charge in [-0.2, -0.15) is 4.98 Å². The van der Waals surface area contributed by atoms with Crippen molar-refractivity contribution in [2.24, 2.45) is 0 Å². The number of nitrogens with zero attached hydrogens (tertiary/aromatic N) is 5. The molecule has 6 heteroatoms. The van der Waals surface area contributed by atoms with E-state index in [1.807, 2.05) is 13.1 Å². The molecule has 2 aliphatic rings. The minimum absolute atomic E-state index is 0.207. The van der Waals surface area contributed by atoms with Crippen LogP contribution in [0.1, 0.15) is 48.6 Å². The topological polar surface area (TPSA) is 56.1 Å². The second-order valence-corrected chi connectivity index (χ2v) is 7.23. The number of ether oxygens (including phenoxy) is 1. The van der Waals surface area contributed by atoms with Crippen molar-refractivity contribution < 1.29 is 4.74 Å². The molecule has 0 bridgehead atoms. The Morgan fingerprint density at radius 1 is 1.20 bits per heavy atom. The number of likely N-dealkylation sites (tertiary alicyclic amines) is 1. The average Bonchev–Trinajstić information content (AvgIpc) is 3.22. The highest BCUT2D eigenvalue weighted by Crippen LogP contribution is 2.31. The van der Waals surface area contributed by atoms with Gasteiger partial charge < -0.3 is 9.30 Å². The van der Waals surface area contributed by atoms with Crippen molar-refractivity contribution in [3.05, 3.63) is 35.3 Å². The number of rotatable bonds is 4. The van der Waals surface area contributed by atoms with Gasteiger partial charge in [-0.25, -0.2) is 9.97 Å². The summed E-state index contributed by atoms with van der Waals surface area (Å²) >= 11 is 0. The number of fused-ring (bicyclic) bond motifs is 1. The molecule has 0 amide bonds. The fraction of sp³-hybridized carbons (Fsp3) is 0.632. The highest BCUT2D eigenvalue weighted by molar-refractivity contribution is 5.34. The molecule has 6 nitrogen and oxygen atoms in total. The van der Waals surface area contributed by atoms with Gasteiger partial charge in [-0.1, -0.05) is 0 Å². The van der Waals surface area contributed by atoms with Gasteiger partial charge >= 0.3 is 0 Å². The van der Waals surface area contributed by atoms with E-state index in [1.165, 1.54) is 24.2 Å². The predicted molar refractivity (Wildman–Crippen MR) is 95.9 cm³/mol. The molecule has 0 radical (unpaired) electrons. The van der Waals surface area contributed by atoms with Crippen LogP contribution in [0.3, 0.4) is 0 Å². The van der Waals surface area contributed by atoms with E-state index >= 15 is 0 Å². The van der Waals surface area contributed by atoms with Gasteiger partial charge in [-0.15, -0.1) is 0 Å². The Kier molecular flexibility index (Phi) is 4.46. The van der Waals surface area contributed by atoms with Crippen LogP contribution in [0.4, 0.5) is 0 Å². The number of hydrogen-bond donors (Lipinski definition) is 0. The lowest BCUT2D eigenvalue weighted by atomic mass is 9.95. The van der Waals surface area contributed by atoms with Crippen LogP contribution in [0.2, 0.25) is 0 Å². The minimum atomic E-state index is 0.207. The molecule has 1 atom stereocenters. The first-order valence-corrected chi connectivity index (χ1v) is 9.38. The third-order valence-corrected chi connectivity index (χ3v) is 5.50. The van der Waals surface area contributed by atoms with Crippen LogP contribution in [0, 0.1) is 13.8 Å². The Balaban J connectivity index is 1.33. The van der Waals surface area contributed by atoms with Gasteiger partial charge in [0.05, 0.1) is 0 Å². The van der Waals surface area contributed by atoms with Crippen LogP contribution in [0.25, 0.3) is 0 Å². The zero-order chi connectivity index (χ0) is 17.4. The molecule has 2 aromatic heterocycles. The van der Waals surface area contributed by atoms with Crippen LogP contribution < -0.4 is 4.74 Å². The van der Waals surface area contributed by atoms with Crippen LogP contribution in [0.5, 0.6) is 5.88 Å². The molecule has 0 spiro atoms. The van der Waals surface area contributed by atoms with Crippen LogP contribution in [-0.2, 0) is 13.0 Å². The molecular formula is C19H27N5O. The molecule has 134 valence electrons. The Morgan fingerprint density at radius 2 is 2.00 bits per heavy atom. The zero-order valence-corrected chi connectivity index (χ0v) is 15.4. The van der Waals surface area contributed by atoms with E-state index in [9.17, 15) is 0 Å². The van der Waals surface area contributed by atoms with Gasteiger partial charge in [0.1, 0.15) is 17.8 Å². The number of hydrogen-bond acceptors (Lipinski definition) is 5. The zero-order valence-electron chi connectivity index (χ0n) is 15.4. The van der Waals surface area contributed by atoms with Crippen molar-refractivity contribution in [1.29, 1.82) is 0 Å². The van der Waals surface area contributed by atoms with Gasteiger partial charge in [-0.05, 0) is 46.7 Å². The van der Waals surface area contributed by atoms with E-state index < -0.39 is 0 Å². The minimum Gasteiger partial charge on any atom is -0.472 e. The molecule has 1 unspecified atom stereocenters. The lowest BCUT2D eigenvalue weighted by molar-refractivity contribution is 0.124. The van der Waals surface area contributed by atoms with Gasteiger partial charge in [0.15, 0.2) is 0 Å². The summed E-state index contributed by atoms with van der Waals surface area (Å²) in [5.74, 6) is 3.44. The van der Waals surface area contributed by atoms with Crippen molar-refractivity contribution >= 4 is 0 Å². The molecule has 2 aromatic rings. The summed E-state index contributed by atoms with van der Waals surface area (Å²) in [5.41, 5.74) is 2.26. The van der Waals surface area contributed by atoms with Crippen LogP contribution in [-0.4, -0.2) is 50.2 Å². The SMILES string of the molecule is CCn1ccnc1C1CCN(CC2Cc3c(C)nc(C)nc3O2)CC1. The van der Waals surface area contributed by atoms with E-state index in [2.05, 4.69) is 44.5 Å². The third-order valence-electron chi connectivity index (χ3n) is 5.50. The average molecular weight is 341 g/mol. The number of aryl methyl sites for hydroxylation is 3. The molecule has 0 aromatic carbocycles. The molecule has 0 saturated carbocycles. The maximum atomic E-state index is 6.10. The molecule has 0 aliphatic carbocycles. The van der Waals surface area contributed by atoms with Crippen molar-refractivity contribution in [1.82, 2.24) is 24.4 Å². The lowest BCUT2D eigenvalue weighted by Gasteiger charge is -2.33. The second kappa shape index (κ2) is 6.75. The largest absolute Gasteiger partial charge is 0.472 e. The molecule has 1 fully saturated rings. The summed E-state index contributed by atoms with van der Waals surface area (Å²) < 4.78 is 8.38. The van der Waals surface area contributed by atoms with E-state index in [1.54, 1.807) is 0 Å². The normalized spacial score (nSPS) is 21.3. The molecular weight excluding hydrogens is 314 g/mol. The predicted octanol–water partition coefficient (Wildman–Crippen LogP) is 2.49. The summed E-state index contributed by atoms with van der Waals surface area (Å²) in [5, 5.41) is 0. The molecule has 4 heterocycles. The lowest BCUT2D eigenvalue weighted by Crippen LogP contribution is -2.40. The Morgan fingerprint density at radius 3 is 2.76 bits per heavy atom. The smallest absolute Gasteiger partial charge is 0.220 e. The van der Waals surface area contributed by atoms with Crippen LogP contribution in [0.15, 0.2) is 12.4 Å². The second-order valence-electron chi connectivity index (χ2n) is 7.23. The first-order chi connectivity index (χ1) is 12.1. The number of piperidine rings is 1. The Labute approximate surface area is 149 Å². The van der Waals surface area contributed by atoms with Gasteiger partial charge in [0.25, 0.3) is 0 Å². The summed E-state index contributed by atoms with van der Waals surface area (Å²) in [6.45, 7) is 10.4. The van der Waals surface area contributed by atoms with E-state index in [4.69, 9.17) is 4.74 Å². The molecule has 0 N–H and O–H groups in total. The monoisotopic (exact) mass is 341 g/mol. The third kappa shape index (κ3) is 3.27. The highest BCUT2D eigenvalue weighted by atomic mass is 16.5. The molecule has 2 aliphatic heterocycles. The first kappa shape index (κ1) is 16.5. The van der Waals surface area contributed by atoms with Crippen molar-refractivity contribution in [3.8, 4) is 5.88 Å². The maximum Gasteiger partial charge on any atom is 0.220 e. The van der Waals surface area contributed by atoms with Crippen molar-refractivity contribution in [2.75, 3.05) is 19.6 Å². The number of aromatic nitrogens is 4. The Bertz CT molecular complexity index is 748. The number of imidazole rings is 1. The van der Waals surface area contributed by atoms with Gasteiger partial charge in [-0.3, -0.25) is 4.90 Å². The Hall–Kier alpha value is -1.95. The quantitative estimate of drug-likeness (QED) is 0.855. The summed E-state index contributed by atoms with van der Waals surface area (Å²) in [7, 11) is 0. The summed E-state index contributed by atoms with van der Waals surface area (Å²) in [6.07, 6.45) is 7.51. The van der Waals surface area contributed by atoms with E-state index in [-0.39, 0.29) is 6.10 Å². The summed E-state index contributed by atoms with van der Waals surface area (Å²) in [6, 6.07) is 0.